The summed E-state index contributed by atoms with van der Waals surface area (Å²) in [6.45, 7) is 7.82. The van der Waals surface area contributed by atoms with Gasteiger partial charge in [-0.3, -0.25) is 15.1 Å². The van der Waals surface area contributed by atoms with E-state index in [1.165, 1.54) is 0 Å². The second-order valence-corrected chi connectivity index (χ2v) is 6.21. The molecule has 1 rings (SSSR count). The molecule has 0 aliphatic carbocycles. The number of rotatable bonds is 5. The predicted octanol–water partition coefficient (Wildman–Crippen LogP) is 2.31. The maximum atomic E-state index is 11.8. The first-order valence-corrected chi connectivity index (χ1v) is 6.96. The van der Waals surface area contributed by atoms with Crippen LogP contribution in [-0.2, 0) is 9.53 Å². The number of nitrogens with two attached hydrogens (primary N) is 1. The molecule has 5 nitrogen and oxygen atoms in total. The number of esters is 1. The number of ether oxygens (including phenoxy) is 1. The van der Waals surface area contributed by atoms with Crippen LogP contribution in [0.15, 0.2) is 24.3 Å². The lowest BCUT2D eigenvalue weighted by molar-refractivity contribution is -0.156. The molecule has 0 saturated heterocycles. The molecule has 1 aromatic carbocycles. The number of hydrogen-bond acceptors (Lipinski definition) is 4. The van der Waals surface area contributed by atoms with Crippen molar-refractivity contribution in [2.45, 2.75) is 39.3 Å². The highest BCUT2D eigenvalue weighted by Crippen LogP contribution is 2.19. The number of hydrogen-bond donors (Lipinski definition) is 2. The largest absolute Gasteiger partial charge is 0.459 e. The van der Waals surface area contributed by atoms with Crippen LogP contribution >= 0.6 is 0 Å². The van der Waals surface area contributed by atoms with Gasteiger partial charge in [-0.1, -0.05) is 24.3 Å². The Labute approximate surface area is 126 Å². The molecule has 0 heterocycles. The summed E-state index contributed by atoms with van der Waals surface area (Å²) < 4.78 is 5.32. The summed E-state index contributed by atoms with van der Waals surface area (Å²) in [4.78, 5) is 13.8. The summed E-state index contributed by atoms with van der Waals surface area (Å²) in [5.41, 5.74) is 6.72. The average molecular weight is 291 g/mol. The van der Waals surface area contributed by atoms with Crippen molar-refractivity contribution in [3.63, 3.8) is 0 Å². The minimum atomic E-state index is -0.468. The van der Waals surface area contributed by atoms with E-state index in [-0.39, 0.29) is 24.4 Å². The monoisotopic (exact) mass is 291 g/mol. The van der Waals surface area contributed by atoms with Crippen LogP contribution < -0.4 is 5.73 Å². The van der Waals surface area contributed by atoms with E-state index in [2.05, 4.69) is 0 Å². The maximum absolute atomic E-state index is 11.8. The molecule has 1 atom stereocenters. The second kappa shape index (κ2) is 6.72. The van der Waals surface area contributed by atoms with Gasteiger partial charge in [-0.2, -0.15) is 0 Å². The molecule has 116 valence electrons. The molecule has 1 unspecified atom stereocenters. The summed E-state index contributed by atoms with van der Waals surface area (Å²) in [5.74, 6) is -0.187. The zero-order valence-electron chi connectivity index (χ0n) is 13.4. The molecule has 0 saturated carbocycles. The Morgan fingerprint density at radius 1 is 1.33 bits per heavy atom. The van der Waals surface area contributed by atoms with Gasteiger partial charge in [-0.25, -0.2) is 0 Å². The Hall–Kier alpha value is -1.88. The third-order valence-corrected chi connectivity index (χ3v) is 3.16. The number of benzene rings is 1. The molecule has 3 N–H and O–H groups in total. The lowest BCUT2D eigenvalue weighted by Gasteiger charge is -2.26. The third kappa shape index (κ3) is 5.55. The van der Waals surface area contributed by atoms with Gasteiger partial charge in [0.1, 0.15) is 11.4 Å². The van der Waals surface area contributed by atoms with E-state index in [0.717, 1.165) is 5.56 Å². The van der Waals surface area contributed by atoms with Crippen LogP contribution in [0.3, 0.4) is 0 Å². The lowest BCUT2D eigenvalue weighted by atomic mass is 10.0. The zero-order chi connectivity index (χ0) is 16.2. The second-order valence-electron chi connectivity index (χ2n) is 6.21. The van der Waals surface area contributed by atoms with Crippen LogP contribution in [0.2, 0.25) is 0 Å². The molecule has 0 spiro atoms. The van der Waals surface area contributed by atoms with Crippen LogP contribution in [0.25, 0.3) is 0 Å². The van der Waals surface area contributed by atoms with Gasteiger partial charge in [0.15, 0.2) is 0 Å². The molecule has 0 aromatic heterocycles. The van der Waals surface area contributed by atoms with Crippen molar-refractivity contribution in [1.82, 2.24) is 4.90 Å². The number of nitrogens with zero attached hydrogens (tertiary/aromatic N) is 1. The first kappa shape index (κ1) is 17.2. The quantitative estimate of drug-likeness (QED) is 0.495. The van der Waals surface area contributed by atoms with Crippen LogP contribution in [0.4, 0.5) is 0 Å². The van der Waals surface area contributed by atoms with Crippen molar-refractivity contribution in [2.75, 3.05) is 13.6 Å². The highest BCUT2D eigenvalue weighted by molar-refractivity contribution is 5.94. The summed E-state index contributed by atoms with van der Waals surface area (Å²) >= 11 is 0. The SMILES string of the molecule is CC(c1ccc(C(=N)N)cc1)N(C)CC(=O)OC(C)(C)C. The standard InChI is InChI=1S/C16H25N3O2/c1-11(12-6-8-13(9-7-12)15(17)18)19(5)10-14(20)21-16(2,3)4/h6-9,11H,10H2,1-5H3,(H3,17,18). The van der Waals surface area contributed by atoms with E-state index in [9.17, 15) is 4.79 Å². The molecule has 0 radical (unpaired) electrons. The summed E-state index contributed by atoms with van der Waals surface area (Å²) in [5, 5.41) is 7.38. The van der Waals surface area contributed by atoms with Gasteiger partial charge in [-0.05, 0) is 40.3 Å². The summed E-state index contributed by atoms with van der Waals surface area (Å²) in [7, 11) is 1.88. The number of carbonyl (C=O) groups excluding carboxylic acids is 1. The fourth-order valence-electron chi connectivity index (χ4n) is 1.91. The van der Waals surface area contributed by atoms with Crippen LogP contribution in [-0.4, -0.2) is 35.9 Å². The Morgan fingerprint density at radius 3 is 2.29 bits per heavy atom. The molecule has 0 aliphatic heterocycles. The molecule has 0 aliphatic rings. The molecule has 1 aromatic rings. The number of nitrogen functional groups attached to an aromatic ring is 1. The van der Waals surface area contributed by atoms with E-state index in [1.807, 2.05) is 63.9 Å². The topological polar surface area (TPSA) is 79.4 Å². The van der Waals surface area contributed by atoms with Crippen molar-refractivity contribution in [2.24, 2.45) is 5.73 Å². The molecule has 5 heteroatoms. The van der Waals surface area contributed by atoms with Crippen LogP contribution in [0.1, 0.15) is 44.9 Å². The maximum Gasteiger partial charge on any atom is 0.320 e. The fourth-order valence-corrected chi connectivity index (χ4v) is 1.91. The van der Waals surface area contributed by atoms with E-state index in [1.54, 1.807) is 0 Å². The first-order valence-electron chi connectivity index (χ1n) is 6.96. The van der Waals surface area contributed by atoms with Gasteiger partial charge >= 0.3 is 5.97 Å². The van der Waals surface area contributed by atoms with Crippen molar-refractivity contribution < 1.29 is 9.53 Å². The van der Waals surface area contributed by atoms with E-state index in [0.29, 0.717) is 5.56 Å². The molecule has 0 fully saturated rings. The first-order chi connectivity index (χ1) is 9.60. The van der Waals surface area contributed by atoms with Gasteiger partial charge in [0, 0.05) is 11.6 Å². The van der Waals surface area contributed by atoms with E-state index >= 15 is 0 Å². The van der Waals surface area contributed by atoms with Crippen LogP contribution in [0.5, 0.6) is 0 Å². The number of amidine groups is 1. The zero-order valence-corrected chi connectivity index (χ0v) is 13.4. The highest BCUT2D eigenvalue weighted by atomic mass is 16.6. The predicted molar refractivity (Wildman–Crippen MR) is 84.3 cm³/mol. The Kier molecular flexibility index (Phi) is 5.49. The summed E-state index contributed by atoms with van der Waals surface area (Å²) in [6.07, 6.45) is 0. The lowest BCUT2D eigenvalue weighted by Crippen LogP contribution is -2.34. The average Bonchev–Trinajstić information content (AvgIpc) is 2.35. The number of carbonyl (C=O) groups is 1. The van der Waals surface area contributed by atoms with E-state index in [4.69, 9.17) is 15.9 Å². The van der Waals surface area contributed by atoms with Crippen molar-refractivity contribution in [3.8, 4) is 0 Å². The van der Waals surface area contributed by atoms with Gasteiger partial charge < -0.3 is 10.5 Å². The van der Waals surface area contributed by atoms with Crippen LogP contribution in [0, 0.1) is 5.41 Å². The normalized spacial score (nSPS) is 13.0. The fraction of sp³-hybridized carbons (Fsp3) is 0.500. The van der Waals surface area contributed by atoms with Crippen molar-refractivity contribution in [3.05, 3.63) is 35.4 Å². The van der Waals surface area contributed by atoms with Gasteiger partial charge in [-0.15, -0.1) is 0 Å². The van der Waals surface area contributed by atoms with Gasteiger partial charge in [0.05, 0.1) is 6.54 Å². The van der Waals surface area contributed by atoms with Gasteiger partial charge in [0.25, 0.3) is 0 Å². The molecular weight excluding hydrogens is 266 g/mol. The smallest absolute Gasteiger partial charge is 0.320 e. The number of likely N-dealkylation sites (N-methyl/N-ethyl adjacent to an activating group) is 1. The highest BCUT2D eigenvalue weighted by Gasteiger charge is 2.20. The Bertz CT molecular complexity index is 503. The van der Waals surface area contributed by atoms with Gasteiger partial charge in [0.2, 0.25) is 0 Å². The molecular formula is C16H25N3O2. The molecule has 0 bridgehead atoms. The minimum absolute atomic E-state index is 0.0521. The Balaban J connectivity index is 2.67. The number of nitrogens with one attached hydrogen (secondary N) is 1. The van der Waals surface area contributed by atoms with E-state index < -0.39 is 5.60 Å². The minimum Gasteiger partial charge on any atom is -0.459 e. The van der Waals surface area contributed by atoms with Crippen molar-refractivity contribution >= 4 is 11.8 Å². The van der Waals surface area contributed by atoms with Crippen molar-refractivity contribution in [1.29, 1.82) is 5.41 Å². The molecule has 0 amide bonds. The Morgan fingerprint density at radius 2 is 1.86 bits per heavy atom. The summed E-state index contributed by atoms with van der Waals surface area (Å²) in [6, 6.07) is 7.55. The third-order valence-electron chi connectivity index (χ3n) is 3.16. The molecule has 21 heavy (non-hydrogen) atoms.